The molecule has 35 heavy (non-hydrogen) atoms. The van der Waals surface area contributed by atoms with Crippen LogP contribution in [0.1, 0.15) is 11.1 Å². The molecular formula is C28H28N4O3. The van der Waals surface area contributed by atoms with Crippen LogP contribution in [0.2, 0.25) is 0 Å². The van der Waals surface area contributed by atoms with E-state index in [9.17, 15) is 4.79 Å². The van der Waals surface area contributed by atoms with Crippen LogP contribution >= 0.6 is 0 Å². The maximum Gasteiger partial charge on any atom is 0.253 e. The van der Waals surface area contributed by atoms with Gasteiger partial charge in [0.15, 0.2) is 11.5 Å². The highest BCUT2D eigenvalue weighted by Crippen LogP contribution is 2.35. The summed E-state index contributed by atoms with van der Waals surface area (Å²) in [6.45, 7) is 5.81. The Labute approximate surface area is 203 Å². The van der Waals surface area contributed by atoms with Gasteiger partial charge in [-0.25, -0.2) is 0 Å². The number of anilines is 2. The van der Waals surface area contributed by atoms with Crippen LogP contribution in [0.3, 0.4) is 0 Å². The van der Waals surface area contributed by atoms with Crippen molar-refractivity contribution in [2.75, 3.05) is 43.2 Å². The third-order valence-corrected chi connectivity index (χ3v) is 6.75. The van der Waals surface area contributed by atoms with Crippen molar-refractivity contribution >= 4 is 22.3 Å². The summed E-state index contributed by atoms with van der Waals surface area (Å²) in [5.74, 6) is 1.37. The number of H-pyrrole nitrogens is 1. The molecule has 1 fully saturated rings. The van der Waals surface area contributed by atoms with E-state index in [0.29, 0.717) is 23.6 Å². The minimum absolute atomic E-state index is 0.103. The number of hydrogen-bond acceptors (Lipinski definition) is 6. The van der Waals surface area contributed by atoms with Crippen LogP contribution in [-0.4, -0.2) is 42.9 Å². The Balaban J connectivity index is 1.06. The number of nitrogens with zero attached hydrogens (tertiary/aromatic N) is 2. The van der Waals surface area contributed by atoms with Crippen molar-refractivity contribution < 1.29 is 9.47 Å². The second-order valence-electron chi connectivity index (χ2n) is 9.07. The fourth-order valence-corrected chi connectivity index (χ4v) is 4.77. The highest BCUT2D eigenvalue weighted by Gasteiger charge is 2.18. The lowest BCUT2D eigenvalue weighted by molar-refractivity contribution is 0.174. The van der Waals surface area contributed by atoms with Crippen LogP contribution in [0.4, 0.5) is 11.4 Å². The van der Waals surface area contributed by atoms with Crippen molar-refractivity contribution in [3.05, 3.63) is 94.3 Å². The lowest BCUT2D eigenvalue weighted by Crippen LogP contribution is -2.45. The molecule has 0 aliphatic carbocycles. The van der Waals surface area contributed by atoms with Crippen molar-refractivity contribution in [2.24, 2.45) is 0 Å². The molecule has 3 aromatic carbocycles. The molecule has 1 saturated heterocycles. The largest absolute Gasteiger partial charge is 0.454 e. The molecule has 7 heteroatoms. The van der Waals surface area contributed by atoms with Gasteiger partial charge in [-0.05, 0) is 42.0 Å². The summed E-state index contributed by atoms with van der Waals surface area (Å²) in [5, 5.41) is 4.30. The molecule has 2 aliphatic heterocycles. The predicted octanol–water partition coefficient (Wildman–Crippen LogP) is 4.19. The molecule has 6 rings (SSSR count). The Bertz CT molecular complexity index is 1380. The molecule has 0 bridgehead atoms. The number of benzene rings is 3. The van der Waals surface area contributed by atoms with Crippen LogP contribution in [0.5, 0.6) is 11.5 Å². The topological polar surface area (TPSA) is 69.8 Å². The Kier molecular flexibility index (Phi) is 5.76. The number of piperazine rings is 1. The summed E-state index contributed by atoms with van der Waals surface area (Å²) < 4.78 is 10.9. The maximum atomic E-state index is 12.6. The Morgan fingerprint density at radius 2 is 1.60 bits per heavy atom. The summed E-state index contributed by atoms with van der Waals surface area (Å²) in [7, 11) is 0. The maximum absolute atomic E-state index is 12.6. The van der Waals surface area contributed by atoms with Gasteiger partial charge < -0.3 is 24.7 Å². The van der Waals surface area contributed by atoms with Gasteiger partial charge in [0.05, 0.1) is 5.52 Å². The predicted molar refractivity (Wildman–Crippen MR) is 138 cm³/mol. The Morgan fingerprint density at radius 1 is 0.857 bits per heavy atom. The molecule has 0 radical (unpaired) electrons. The first-order chi connectivity index (χ1) is 17.2. The molecule has 7 nitrogen and oxygen atoms in total. The number of rotatable bonds is 6. The molecule has 0 atom stereocenters. The summed E-state index contributed by atoms with van der Waals surface area (Å²) in [4.78, 5) is 20.5. The molecule has 0 spiro atoms. The van der Waals surface area contributed by atoms with E-state index in [-0.39, 0.29) is 12.4 Å². The minimum Gasteiger partial charge on any atom is -0.454 e. The standard InChI is InChI=1S/C28H28N4O3/c33-28-22(14-21-15-26-27(35-19-34-26)16-25(21)30-28)17-29-23-6-8-24(9-7-23)32-12-10-31(11-13-32)18-20-4-2-1-3-5-20/h1-9,14-16,29H,10-13,17-19H2,(H,30,33). The zero-order chi connectivity index (χ0) is 23.6. The van der Waals surface area contributed by atoms with Crippen molar-refractivity contribution in [1.29, 1.82) is 0 Å². The van der Waals surface area contributed by atoms with Crippen LogP contribution in [-0.2, 0) is 13.1 Å². The van der Waals surface area contributed by atoms with E-state index in [4.69, 9.17) is 9.47 Å². The van der Waals surface area contributed by atoms with Gasteiger partial charge in [0.1, 0.15) is 0 Å². The molecule has 2 N–H and O–H groups in total. The van der Waals surface area contributed by atoms with E-state index < -0.39 is 0 Å². The lowest BCUT2D eigenvalue weighted by atomic mass is 10.1. The SMILES string of the molecule is O=c1[nH]c2cc3c(cc2cc1CNc1ccc(N2CCN(Cc4ccccc4)CC2)cc1)OCO3. The van der Waals surface area contributed by atoms with Crippen molar-refractivity contribution in [3.8, 4) is 11.5 Å². The van der Waals surface area contributed by atoms with E-state index in [1.165, 1.54) is 11.3 Å². The van der Waals surface area contributed by atoms with Crippen LogP contribution in [0, 0.1) is 0 Å². The van der Waals surface area contributed by atoms with Gasteiger partial charge in [0, 0.05) is 67.7 Å². The average Bonchev–Trinajstić information content (AvgIpc) is 3.35. The van der Waals surface area contributed by atoms with Gasteiger partial charge in [-0.15, -0.1) is 0 Å². The normalized spacial score (nSPS) is 15.5. The number of pyridine rings is 1. The summed E-state index contributed by atoms with van der Waals surface area (Å²) >= 11 is 0. The quantitative estimate of drug-likeness (QED) is 0.442. The molecule has 3 heterocycles. The second-order valence-corrected chi connectivity index (χ2v) is 9.07. The van der Waals surface area contributed by atoms with E-state index in [2.05, 4.69) is 74.7 Å². The highest BCUT2D eigenvalue weighted by molar-refractivity contribution is 5.83. The minimum atomic E-state index is -0.103. The third kappa shape index (κ3) is 4.68. The fourth-order valence-electron chi connectivity index (χ4n) is 4.77. The molecule has 0 amide bonds. The molecule has 0 unspecified atom stereocenters. The molecule has 1 aromatic heterocycles. The molecule has 4 aromatic rings. The summed E-state index contributed by atoms with van der Waals surface area (Å²) in [6.07, 6.45) is 0. The summed E-state index contributed by atoms with van der Waals surface area (Å²) in [6, 6.07) is 24.8. The van der Waals surface area contributed by atoms with Gasteiger partial charge in [0.25, 0.3) is 5.56 Å². The van der Waals surface area contributed by atoms with Gasteiger partial charge in [-0.1, -0.05) is 30.3 Å². The first-order valence-electron chi connectivity index (χ1n) is 12.0. The van der Waals surface area contributed by atoms with Gasteiger partial charge >= 0.3 is 0 Å². The molecule has 2 aliphatic rings. The van der Waals surface area contributed by atoms with Crippen LogP contribution in [0.15, 0.2) is 77.6 Å². The van der Waals surface area contributed by atoms with Gasteiger partial charge in [-0.3, -0.25) is 9.69 Å². The number of nitrogens with one attached hydrogen (secondary N) is 2. The second kappa shape index (κ2) is 9.35. The Morgan fingerprint density at radius 3 is 2.37 bits per heavy atom. The van der Waals surface area contributed by atoms with Crippen molar-refractivity contribution in [2.45, 2.75) is 13.1 Å². The number of aromatic nitrogens is 1. The van der Waals surface area contributed by atoms with E-state index in [0.717, 1.165) is 49.3 Å². The number of aromatic amines is 1. The molecule has 178 valence electrons. The smallest absolute Gasteiger partial charge is 0.253 e. The number of ether oxygens (including phenoxy) is 2. The fraction of sp³-hybridized carbons (Fsp3) is 0.250. The molecule has 0 saturated carbocycles. The zero-order valence-electron chi connectivity index (χ0n) is 19.5. The van der Waals surface area contributed by atoms with Gasteiger partial charge in [0.2, 0.25) is 6.79 Å². The van der Waals surface area contributed by atoms with Crippen LogP contribution < -0.4 is 25.2 Å². The van der Waals surface area contributed by atoms with Crippen molar-refractivity contribution in [1.82, 2.24) is 9.88 Å². The number of fused-ring (bicyclic) bond motifs is 2. The number of hydrogen-bond donors (Lipinski definition) is 2. The Hall–Kier alpha value is -3.97. The summed E-state index contributed by atoms with van der Waals surface area (Å²) in [5.41, 5.74) is 4.91. The molecular weight excluding hydrogens is 440 g/mol. The monoisotopic (exact) mass is 468 g/mol. The highest BCUT2D eigenvalue weighted by atomic mass is 16.7. The van der Waals surface area contributed by atoms with Gasteiger partial charge in [-0.2, -0.15) is 0 Å². The van der Waals surface area contributed by atoms with Crippen LogP contribution in [0.25, 0.3) is 10.9 Å². The van der Waals surface area contributed by atoms with E-state index in [1.807, 2.05) is 18.2 Å². The zero-order valence-corrected chi connectivity index (χ0v) is 19.5. The average molecular weight is 469 g/mol. The third-order valence-electron chi connectivity index (χ3n) is 6.75. The first-order valence-corrected chi connectivity index (χ1v) is 12.0. The first kappa shape index (κ1) is 21.6. The van der Waals surface area contributed by atoms with E-state index >= 15 is 0 Å². The van der Waals surface area contributed by atoms with E-state index in [1.54, 1.807) is 0 Å². The lowest BCUT2D eigenvalue weighted by Gasteiger charge is -2.36. The van der Waals surface area contributed by atoms with Crippen molar-refractivity contribution in [3.63, 3.8) is 0 Å².